The van der Waals surface area contributed by atoms with Gasteiger partial charge in [-0.25, -0.2) is 9.97 Å². The molecule has 0 saturated carbocycles. The molecular weight excluding hydrogens is 250 g/mol. The summed E-state index contributed by atoms with van der Waals surface area (Å²) < 4.78 is 0. The minimum absolute atomic E-state index is 0.148. The zero-order valence-corrected chi connectivity index (χ0v) is 11.6. The van der Waals surface area contributed by atoms with E-state index in [9.17, 15) is 0 Å². The third kappa shape index (κ3) is 3.69. The molecule has 5 heteroatoms. The van der Waals surface area contributed by atoms with Gasteiger partial charge in [0.25, 0.3) is 0 Å². The van der Waals surface area contributed by atoms with Gasteiger partial charge >= 0.3 is 0 Å². The summed E-state index contributed by atoms with van der Waals surface area (Å²) in [4.78, 5) is 8.60. The van der Waals surface area contributed by atoms with Crippen molar-refractivity contribution < 1.29 is 0 Å². The highest BCUT2D eigenvalue weighted by atomic mass is 15.1. The second kappa shape index (κ2) is 6.53. The third-order valence-corrected chi connectivity index (χ3v) is 2.85. The maximum absolute atomic E-state index is 8.59. The molecule has 1 heterocycles. The standard InChI is InChI=1S/C15H17N5/c1-11(13-6-4-3-5-7-13)18-15-10-14(17-9-8-16)19-12(2)20-15/h3-7,10-11H,9H2,1-2H3,(H2,17,18,19,20). The number of rotatable bonds is 5. The number of hydrogen-bond acceptors (Lipinski definition) is 5. The van der Waals surface area contributed by atoms with Crippen LogP contribution >= 0.6 is 0 Å². The van der Waals surface area contributed by atoms with Gasteiger partial charge in [-0.05, 0) is 19.4 Å². The Bertz CT molecular complexity index is 603. The van der Waals surface area contributed by atoms with Crippen LogP contribution < -0.4 is 10.6 Å². The molecule has 0 bridgehead atoms. The number of hydrogen-bond donors (Lipinski definition) is 2. The van der Waals surface area contributed by atoms with Crippen molar-refractivity contribution in [3.05, 3.63) is 47.8 Å². The largest absolute Gasteiger partial charge is 0.363 e. The fourth-order valence-electron chi connectivity index (χ4n) is 1.91. The molecule has 2 rings (SSSR count). The predicted molar refractivity (Wildman–Crippen MR) is 79.4 cm³/mol. The van der Waals surface area contributed by atoms with Crippen LogP contribution in [0.3, 0.4) is 0 Å². The fourth-order valence-corrected chi connectivity index (χ4v) is 1.91. The van der Waals surface area contributed by atoms with Crippen LogP contribution in [0.15, 0.2) is 36.4 Å². The smallest absolute Gasteiger partial charge is 0.132 e. The summed E-state index contributed by atoms with van der Waals surface area (Å²) in [5, 5.41) is 14.9. The van der Waals surface area contributed by atoms with Gasteiger partial charge < -0.3 is 10.6 Å². The van der Waals surface area contributed by atoms with Crippen molar-refractivity contribution in [1.29, 1.82) is 5.26 Å². The molecule has 1 aromatic carbocycles. The Morgan fingerprint density at radius 1 is 1.20 bits per heavy atom. The van der Waals surface area contributed by atoms with E-state index >= 15 is 0 Å². The average Bonchev–Trinajstić information content (AvgIpc) is 2.45. The molecule has 2 N–H and O–H groups in total. The van der Waals surface area contributed by atoms with Crippen molar-refractivity contribution >= 4 is 11.6 Å². The van der Waals surface area contributed by atoms with Gasteiger partial charge in [0, 0.05) is 12.1 Å². The van der Waals surface area contributed by atoms with Crippen molar-refractivity contribution in [1.82, 2.24) is 9.97 Å². The molecule has 0 aliphatic carbocycles. The van der Waals surface area contributed by atoms with E-state index in [4.69, 9.17) is 5.26 Å². The molecule has 1 unspecified atom stereocenters. The number of nitriles is 1. The highest BCUT2D eigenvalue weighted by Crippen LogP contribution is 2.19. The number of aromatic nitrogens is 2. The predicted octanol–water partition coefficient (Wildman–Crippen LogP) is 2.89. The van der Waals surface area contributed by atoms with Gasteiger partial charge in [-0.3, -0.25) is 0 Å². The summed E-state index contributed by atoms with van der Waals surface area (Å²) >= 11 is 0. The van der Waals surface area contributed by atoms with Crippen molar-refractivity contribution in [2.24, 2.45) is 0 Å². The Balaban J connectivity index is 2.13. The van der Waals surface area contributed by atoms with Crippen molar-refractivity contribution in [3.8, 4) is 6.07 Å². The third-order valence-electron chi connectivity index (χ3n) is 2.85. The van der Waals surface area contributed by atoms with Crippen LogP contribution in [0.25, 0.3) is 0 Å². The van der Waals surface area contributed by atoms with Crippen molar-refractivity contribution in [3.63, 3.8) is 0 Å². The summed E-state index contributed by atoms with van der Waals surface area (Å²) in [6, 6.07) is 14.1. The monoisotopic (exact) mass is 267 g/mol. The van der Waals surface area contributed by atoms with Crippen LogP contribution in [0, 0.1) is 18.3 Å². The number of nitrogens with zero attached hydrogens (tertiary/aromatic N) is 3. The summed E-state index contributed by atoms with van der Waals surface area (Å²) in [5.74, 6) is 2.06. The van der Waals surface area contributed by atoms with E-state index in [2.05, 4.69) is 39.7 Å². The summed E-state index contributed by atoms with van der Waals surface area (Å²) in [6.07, 6.45) is 0. The van der Waals surface area contributed by atoms with E-state index in [1.54, 1.807) is 0 Å². The van der Waals surface area contributed by atoms with Crippen LogP contribution in [0.5, 0.6) is 0 Å². The van der Waals surface area contributed by atoms with E-state index in [1.165, 1.54) is 5.56 Å². The molecule has 5 nitrogen and oxygen atoms in total. The van der Waals surface area contributed by atoms with E-state index in [0.717, 1.165) is 5.82 Å². The molecule has 0 spiro atoms. The zero-order valence-electron chi connectivity index (χ0n) is 11.6. The lowest BCUT2D eigenvalue weighted by Gasteiger charge is -2.15. The highest BCUT2D eigenvalue weighted by Gasteiger charge is 2.07. The van der Waals surface area contributed by atoms with Crippen LogP contribution in [0.2, 0.25) is 0 Å². The molecule has 0 amide bonds. The quantitative estimate of drug-likeness (QED) is 0.815. The molecule has 0 radical (unpaired) electrons. The Labute approximate surface area is 118 Å². The SMILES string of the molecule is Cc1nc(NCC#N)cc(NC(C)c2ccccc2)n1. The summed E-state index contributed by atoms with van der Waals surface area (Å²) in [5.41, 5.74) is 1.19. The topological polar surface area (TPSA) is 73.6 Å². The molecule has 0 aliphatic heterocycles. The van der Waals surface area contributed by atoms with Gasteiger partial charge in [-0.1, -0.05) is 30.3 Å². The number of nitrogens with one attached hydrogen (secondary N) is 2. The zero-order chi connectivity index (χ0) is 14.4. The lowest BCUT2D eigenvalue weighted by Crippen LogP contribution is -2.10. The van der Waals surface area contributed by atoms with Gasteiger partial charge in [0.2, 0.25) is 0 Å². The minimum Gasteiger partial charge on any atom is -0.363 e. The second-order valence-corrected chi connectivity index (χ2v) is 4.47. The molecule has 2 aromatic rings. The Kier molecular flexibility index (Phi) is 4.51. The van der Waals surface area contributed by atoms with Gasteiger partial charge in [0.1, 0.15) is 24.0 Å². The molecule has 1 aromatic heterocycles. The van der Waals surface area contributed by atoms with E-state index in [-0.39, 0.29) is 12.6 Å². The fraction of sp³-hybridized carbons (Fsp3) is 0.267. The first-order valence-electron chi connectivity index (χ1n) is 6.47. The number of anilines is 2. The molecule has 0 aliphatic rings. The maximum Gasteiger partial charge on any atom is 0.132 e. The summed E-state index contributed by atoms with van der Waals surface area (Å²) in [6.45, 7) is 4.13. The number of benzene rings is 1. The van der Waals surface area contributed by atoms with E-state index in [1.807, 2.05) is 37.3 Å². The van der Waals surface area contributed by atoms with Gasteiger partial charge in [-0.2, -0.15) is 5.26 Å². The van der Waals surface area contributed by atoms with Crippen LogP contribution in [0.4, 0.5) is 11.6 Å². The minimum atomic E-state index is 0.148. The maximum atomic E-state index is 8.59. The van der Waals surface area contributed by atoms with Crippen molar-refractivity contribution in [2.75, 3.05) is 17.2 Å². The Morgan fingerprint density at radius 2 is 1.90 bits per heavy atom. The van der Waals surface area contributed by atoms with Gasteiger partial charge in [-0.15, -0.1) is 0 Å². The molecule has 20 heavy (non-hydrogen) atoms. The van der Waals surface area contributed by atoms with Gasteiger partial charge in [0.05, 0.1) is 6.07 Å². The molecular formula is C15H17N5. The van der Waals surface area contributed by atoms with Crippen LogP contribution in [-0.2, 0) is 0 Å². The molecule has 0 saturated heterocycles. The van der Waals surface area contributed by atoms with Crippen LogP contribution in [0.1, 0.15) is 24.4 Å². The number of aryl methyl sites for hydroxylation is 1. The molecule has 1 atom stereocenters. The lowest BCUT2D eigenvalue weighted by atomic mass is 10.1. The van der Waals surface area contributed by atoms with E-state index in [0.29, 0.717) is 11.6 Å². The highest BCUT2D eigenvalue weighted by molar-refractivity contribution is 5.49. The summed E-state index contributed by atoms with van der Waals surface area (Å²) in [7, 11) is 0. The van der Waals surface area contributed by atoms with E-state index < -0.39 is 0 Å². The molecule has 0 fully saturated rings. The second-order valence-electron chi connectivity index (χ2n) is 4.47. The average molecular weight is 267 g/mol. The normalized spacial score (nSPS) is 11.4. The van der Waals surface area contributed by atoms with Crippen LogP contribution in [-0.4, -0.2) is 16.5 Å². The Hall–Kier alpha value is -2.61. The first kappa shape index (κ1) is 13.8. The van der Waals surface area contributed by atoms with Crippen molar-refractivity contribution in [2.45, 2.75) is 19.9 Å². The lowest BCUT2D eigenvalue weighted by molar-refractivity contribution is 0.867. The Morgan fingerprint density at radius 3 is 2.60 bits per heavy atom. The van der Waals surface area contributed by atoms with Gasteiger partial charge in [0.15, 0.2) is 0 Å². The first-order valence-corrected chi connectivity index (χ1v) is 6.47. The first-order chi connectivity index (χ1) is 9.69. The molecule has 102 valence electrons.